The Hall–Kier alpha value is -2.82. The molecule has 0 aromatic heterocycles. The first-order chi connectivity index (χ1) is 11.5. The zero-order valence-corrected chi connectivity index (χ0v) is 13.7. The van der Waals surface area contributed by atoms with Gasteiger partial charge in [-0.15, -0.1) is 0 Å². The molecule has 0 radical (unpaired) electrons. The van der Waals surface area contributed by atoms with Crippen molar-refractivity contribution in [2.24, 2.45) is 0 Å². The second kappa shape index (κ2) is 7.64. The van der Waals surface area contributed by atoms with Crippen molar-refractivity contribution in [3.63, 3.8) is 0 Å². The van der Waals surface area contributed by atoms with Crippen LogP contribution in [0.3, 0.4) is 0 Å². The van der Waals surface area contributed by atoms with Gasteiger partial charge in [-0.2, -0.15) is 0 Å². The van der Waals surface area contributed by atoms with Crippen LogP contribution in [0.15, 0.2) is 42.5 Å². The lowest BCUT2D eigenvalue weighted by Gasteiger charge is -2.15. The molecule has 0 aliphatic carbocycles. The van der Waals surface area contributed by atoms with Crippen LogP contribution in [0.1, 0.15) is 39.9 Å². The number of carbonyl (C=O) groups is 2. The molecule has 0 bridgehead atoms. The molecule has 0 amide bonds. The van der Waals surface area contributed by atoms with Crippen molar-refractivity contribution in [2.45, 2.75) is 25.7 Å². The van der Waals surface area contributed by atoms with Crippen molar-refractivity contribution in [3.05, 3.63) is 64.7 Å². The Morgan fingerprint density at radius 1 is 1.08 bits per heavy atom. The van der Waals surface area contributed by atoms with Crippen LogP contribution in [0.5, 0.6) is 5.75 Å². The first kappa shape index (κ1) is 17.5. The number of hydrogen-bond donors (Lipinski definition) is 2. The number of carboxylic acids is 2. The molecule has 5 nitrogen and oxygen atoms in total. The highest BCUT2D eigenvalue weighted by atomic mass is 16.5. The molecule has 1 unspecified atom stereocenters. The molecule has 126 valence electrons. The minimum Gasteiger partial charge on any atom is -0.496 e. The Labute approximate surface area is 140 Å². The Morgan fingerprint density at radius 3 is 2.25 bits per heavy atom. The van der Waals surface area contributed by atoms with Crippen molar-refractivity contribution in [1.29, 1.82) is 0 Å². The van der Waals surface area contributed by atoms with E-state index in [9.17, 15) is 14.7 Å². The van der Waals surface area contributed by atoms with Crippen LogP contribution in [0.4, 0.5) is 0 Å². The number of rotatable bonds is 7. The van der Waals surface area contributed by atoms with Gasteiger partial charge >= 0.3 is 11.9 Å². The van der Waals surface area contributed by atoms with Gasteiger partial charge in [0.05, 0.1) is 18.6 Å². The van der Waals surface area contributed by atoms with Crippen LogP contribution in [0.25, 0.3) is 0 Å². The molecule has 0 spiro atoms. The molecule has 5 heteroatoms. The summed E-state index contributed by atoms with van der Waals surface area (Å²) in [4.78, 5) is 22.6. The molecule has 2 N–H and O–H groups in total. The predicted octanol–water partition coefficient (Wildman–Crippen LogP) is 3.37. The van der Waals surface area contributed by atoms with E-state index in [1.54, 1.807) is 19.2 Å². The molecule has 2 rings (SSSR count). The lowest BCUT2D eigenvalue weighted by Crippen LogP contribution is -2.15. The summed E-state index contributed by atoms with van der Waals surface area (Å²) < 4.78 is 5.29. The number of aryl methyl sites for hydroxylation is 1. The van der Waals surface area contributed by atoms with E-state index in [0.717, 1.165) is 23.3 Å². The fourth-order valence-electron chi connectivity index (χ4n) is 2.68. The van der Waals surface area contributed by atoms with Crippen LogP contribution >= 0.6 is 0 Å². The minimum absolute atomic E-state index is 0.139. The first-order valence-corrected chi connectivity index (χ1v) is 7.68. The van der Waals surface area contributed by atoms with Gasteiger partial charge in [0, 0.05) is 0 Å². The monoisotopic (exact) mass is 328 g/mol. The highest BCUT2D eigenvalue weighted by molar-refractivity contribution is 5.87. The molecule has 0 aliphatic rings. The third-order valence-electron chi connectivity index (χ3n) is 4.02. The van der Waals surface area contributed by atoms with Gasteiger partial charge in [-0.05, 0) is 47.7 Å². The highest BCUT2D eigenvalue weighted by Gasteiger charge is 2.21. The number of ether oxygens (including phenoxy) is 1. The van der Waals surface area contributed by atoms with Crippen molar-refractivity contribution >= 4 is 11.9 Å². The van der Waals surface area contributed by atoms with Gasteiger partial charge in [0.2, 0.25) is 0 Å². The Bertz CT molecular complexity index is 734. The van der Waals surface area contributed by atoms with Crippen LogP contribution in [-0.4, -0.2) is 29.3 Å². The predicted molar refractivity (Wildman–Crippen MR) is 89.9 cm³/mol. The van der Waals surface area contributed by atoms with E-state index in [0.29, 0.717) is 12.0 Å². The Kier molecular flexibility index (Phi) is 5.58. The average Bonchev–Trinajstić information content (AvgIpc) is 2.59. The van der Waals surface area contributed by atoms with E-state index < -0.39 is 17.9 Å². The molecule has 2 aromatic rings. The molecule has 1 atom stereocenters. The van der Waals surface area contributed by atoms with Gasteiger partial charge in [-0.1, -0.05) is 31.2 Å². The first-order valence-electron chi connectivity index (χ1n) is 7.68. The quantitative estimate of drug-likeness (QED) is 0.814. The largest absolute Gasteiger partial charge is 0.496 e. The molecule has 24 heavy (non-hydrogen) atoms. The van der Waals surface area contributed by atoms with E-state index in [1.165, 1.54) is 12.1 Å². The maximum atomic E-state index is 11.7. The summed E-state index contributed by atoms with van der Waals surface area (Å²) in [5.41, 5.74) is 2.66. The average molecular weight is 328 g/mol. The summed E-state index contributed by atoms with van der Waals surface area (Å²) >= 11 is 0. The summed E-state index contributed by atoms with van der Waals surface area (Å²) in [7, 11) is 1.61. The van der Waals surface area contributed by atoms with Crippen LogP contribution in [0, 0.1) is 0 Å². The molecule has 0 heterocycles. The number of methoxy groups -OCH3 is 1. The van der Waals surface area contributed by atoms with Crippen molar-refractivity contribution in [2.75, 3.05) is 7.11 Å². The third kappa shape index (κ3) is 3.93. The fourth-order valence-corrected chi connectivity index (χ4v) is 2.68. The Morgan fingerprint density at radius 2 is 1.75 bits per heavy atom. The number of hydrogen-bond acceptors (Lipinski definition) is 3. The normalized spacial score (nSPS) is 11.8. The lowest BCUT2D eigenvalue weighted by atomic mass is 9.90. The molecular weight excluding hydrogens is 308 g/mol. The zero-order chi connectivity index (χ0) is 17.7. The van der Waals surface area contributed by atoms with Gasteiger partial charge in [-0.3, -0.25) is 4.79 Å². The number of carboxylic acid groups (broad SMARTS) is 2. The maximum Gasteiger partial charge on any atom is 0.335 e. The standard InChI is InChI=1S/C19H20O5/c1-3-13-10-12(4-9-17(13)24-2)11-16(19(22)23)14-5-7-15(8-6-14)18(20)21/h4-10,16H,3,11H2,1-2H3,(H,20,21)(H,22,23). The van der Waals surface area contributed by atoms with Crippen LogP contribution in [-0.2, 0) is 17.6 Å². The van der Waals surface area contributed by atoms with Crippen LogP contribution < -0.4 is 4.74 Å². The van der Waals surface area contributed by atoms with E-state index in [4.69, 9.17) is 9.84 Å². The maximum absolute atomic E-state index is 11.7. The van der Waals surface area contributed by atoms with Crippen LogP contribution in [0.2, 0.25) is 0 Å². The van der Waals surface area contributed by atoms with E-state index in [-0.39, 0.29) is 5.56 Å². The third-order valence-corrected chi connectivity index (χ3v) is 4.02. The van der Waals surface area contributed by atoms with Crippen molar-refractivity contribution in [1.82, 2.24) is 0 Å². The second-order valence-electron chi connectivity index (χ2n) is 5.52. The summed E-state index contributed by atoms with van der Waals surface area (Å²) in [6, 6.07) is 11.7. The molecule has 0 fully saturated rings. The van der Waals surface area contributed by atoms with Crippen molar-refractivity contribution < 1.29 is 24.5 Å². The van der Waals surface area contributed by atoms with Gasteiger partial charge in [0.1, 0.15) is 5.75 Å². The summed E-state index contributed by atoms with van der Waals surface area (Å²) in [5, 5.41) is 18.5. The van der Waals surface area contributed by atoms with E-state index >= 15 is 0 Å². The van der Waals surface area contributed by atoms with E-state index in [2.05, 4.69) is 0 Å². The molecule has 0 saturated heterocycles. The molecule has 2 aromatic carbocycles. The topological polar surface area (TPSA) is 83.8 Å². The van der Waals surface area contributed by atoms with Gasteiger partial charge in [0.25, 0.3) is 0 Å². The number of aromatic carboxylic acids is 1. The minimum atomic E-state index is -1.03. The Balaban J connectivity index is 2.29. The van der Waals surface area contributed by atoms with Gasteiger partial charge < -0.3 is 14.9 Å². The van der Waals surface area contributed by atoms with Crippen molar-refractivity contribution in [3.8, 4) is 5.75 Å². The van der Waals surface area contributed by atoms with Gasteiger partial charge in [-0.25, -0.2) is 4.79 Å². The second-order valence-corrected chi connectivity index (χ2v) is 5.52. The summed E-state index contributed by atoms with van der Waals surface area (Å²) in [6.07, 6.45) is 1.13. The summed E-state index contributed by atoms with van der Waals surface area (Å²) in [6.45, 7) is 2.01. The zero-order valence-electron chi connectivity index (χ0n) is 13.7. The molecule has 0 saturated carbocycles. The number of benzene rings is 2. The fraction of sp³-hybridized carbons (Fsp3) is 0.263. The van der Waals surface area contributed by atoms with Gasteiger partial charge in [0.15, 0.2) is 0 Å². The molecular formula is C19H20O5. The summed E-state index contributed by atoms with van der Waals surface area (Å²) in [5.74, 6) is -1.91. The smallest absolute Gasteiger partial charge is 0.335 e. The van der Waals surface area contributed by atoms with E-state index in [1.807, 2.05) is 25.1 Å². The number of aliphatic carboxylic acids is 1. The molecule has 0 aliphatic heterocycles. The lowest BCUT2D eigenvalue weighted by molar-refractivity contribution is -0.138. The SMILES string of the molecule is CCc1cc(CC(C(=O)O)c2ccc(C(=O)O)cc2)ccc1OC. The highest BCUT2D eigenvalue weighted by Crippen LogP contribution is 2.26.